The standard InChI is InChI=1S/C14H16N2O4/c1-3-4-11-9-20-14(18)16(11)15-13(17)10-5-7-12(19-2)8-6-10/h3-8,11H,9H2,1-2H3,(H,15,17)/b4-3+. The Hall–Kier alpha value is -2.50. The molecule has 0 aliphatic carbocycles. The van der Waals surface area contributed by atoms with Gasteiger partial charge in [-0.15, -0.1) is 0 Å². The second-order valence-corrected chi connectivity index (χ2v) is 4.21. The molecule has 6 heteroatoms. The van der Waals surface area contributed by atoms with Crippen molar-refractivity contribution >= 4 is 12.0 Å². The zero-order chi connectivity index (χ0) is 14.5. The van der Waals surface area contributed by atoms with Crippen molar-refractivity contribution in [3.8, 4) is 5.75 Å². The molecule has 0 radical (unpaired) electrons. The van der Waals surface area contributed by atoms with Gasteiger partial charge in [-0.2, -0.15) is 0 Å². The summed E-state index contributed by atoms with van der Waals surface area (Å²) >= 11 is 0. The maximum atomic E-state index is 12.1. The molecule has 1 fully saturated rings. The van der Waals surface area contributed by atoms with E-state index in [1.54, 1.807) is 43.5 Å². The highest BCUT2D eigenvalue weighted by molar-refractivity contribution is 5.95. The van der Waals surface area contributed by atoms with Crippen LogP contribution in [0.3, 0.4) is 0 Å². The maximum Gasteiger partial charge on any atom is 0.429 e. The van der Waals surface area contributed by atoms with Gasteiger partial charge in [0.1, 0.15) is 18.4 Å². The molecule has 1 aliphatic rings. The Balaban J connectivity index is 2.07. The van der Waals surface area contributed by atoms with Gasteiger partial charge in [0.05, 0.1) is 7.11 Å². The predicted molar refractivity (Wildman–Crippen MR) is 72.2 cm³/mol. The summed E-state index contributed by atoms with van der Waals surface area (Å²) in [6.07, 6.45) is 3.04. The molecule has 0 bridgehead atoms. The topological polar surface area (TPSA) is 67.9 Å². The molecule has 1 aromatic carbocycles. The third-order valence-electron chi connectivity index (χ3n) is 2.89. The van der Waals surface area contributed by atoms with Gasteiger partial charge in [0.25, 0.3) is 5.91 Å². The molecule has 20 heavy (non-hydrogen) atoms. The van der Waals surface area contributed by atoms with E-state index in [-0.39, 0.29) is 18.6 Å². The smallest absolute Gasteiger partial charge is 0.429 e. The Morgan fingerprint density at radius 1 is 1.45 bits per heavy atom. The Morgan fingerprint density at radius 2 is 2.15 bits per heavy atom. The lowest BCUT2D eigenvalue weighted by molar-refractivity contribution is 0.0813. The van der Waals surface area contributed by atoms with Gasteiger partial charge in [0.2, 0.25) is 0 Å². The summed E-state index contributed by atoms with van der Waals surface area (Å²) in [6, 6.07) is 6.33. The van der Waals surface area contributed by atoms with E-state index in [0.29, 0.717) is 11.3 Å². The zero-order valence-corrected chi connectivity index (χ0v) is 11.3. The predicted octanol–water partition coefficient (Wildman–Crippen LogP) is 1.74. The van der Waals surface area contributed by atoms with E-state index in [1.807, 2.05) is 6.92 Å². The van der Waals surface area contributed by atoms with Crippen molar-refractivity contribution in [1.82, 2.24) is 10.4 Å². The third-order valence-corrected chi connectivity index (χ3v) is 2.89. The lowest BCUT2D eigenvalue weighted by Gasteiger charge is -2.19. The van der Waals surface area contributed by atoms with Crippen LogP contribution in [0.5, 0.6) is 5.75 Å². The molecule has 0 aromatic heterocycles. The first-order chi connectivity index (χ1) is 9.65. The van der Waals surface area contributed by atoms with Crippen LogP contribution in [0.1, 0.15) is 17.3 Å². The fourth-order valence-corrected chi connectivity index (χ4v) is 1.84. The molecule has 1 N–H and O–H groups in total. The van der Waals surface area contributed by atoms with E-state index in [2.05, 4.69) is 5.43 Å². The van der Waals surface area contributed by atoms with Crippen molar-refractivity contribution in [3.63, 3.8) is 0 Å². The van der Waals surface area contributed by atoms with Gasteiger partial charge < -0.3 is 9.47 Å². The first-order valence-corrected chi connectivity index (χ1v) is 6.19. The number of ether oxygens (including phenoxy) is 2. The van der Waals surface area contributed by atoms with Gasteiger partial charge in [-0.3, -0.25) is 10.2 Å². The number of hydrogen-bond acceptors (Lipinski definition) is 4. The molecule has 2 rings (SSSR count). The fraction of sp³-hybridized carbons (Fsp3) is 0.286. The number of rotatable bonds is 4. The molecular formula is C14H16N2O4. The quantitative estimate of drug-likeness (QED) is 0.850. The summed E-state index contributed by atoms with van der Waals surface area (Å²) in [5, 5.41) is 1.19. The summed E-state index contributed by atoms with van der Waals surface area (Å²) in [5.74, 6) is 0.287. The van der Waals surface area contributed by atoms with Gasteiger partial charge in [0, 0.05) is 5.56 Å². The molecule has 1 heterocycles. The third kappa shape index (κ3) is 2.90. The first-order valence-electron chi connectivity index (χ1n) is 6.19. The number of allylic oxidation sites excluding steroid dienone is 1. The molecule has 1 unspecified atom stereocenters. The number of benzene rings is 1. The SMILES string of the molecule is C/C=C/C1COC(=O)N1NC(=O)c1ccc(OC)cc1. The molecule has 1 saturated heterocycles. The summed E-state index contributed by atoms with van der Waals surface area (Å²) in [6.45, 7) is 2.07. The van der Waals surface area contributed by atoms with Crippen LogP contribution in [0.15, 0.2) is 36.4 Å². The van der Waals surface area contributed by atoms with Gasteiger partial charge in [-0.1, -0.05) is 12.2 Å². The molecular weight excluding hydrogens is 260 g/mol. The second-order valence-electron chi connectivity index (χ2n) is 4.21. The summed E-state index contributed by atoms with van der Waals surface area (Å²) in [5.41, 5.74) is 2.98. The van der Waals surface area contributed by atoms with E-state index in [9.17, 15) is 9.59 Å². The number of nitrogens with zero attached hydrogens (tertiary/aromatic N) is 1. The Kier molecular flexibility index (Phi) is 4.24. The summed E-state index contributed by atoms with van der Waals surface area (Å²) < 4.78 is 9.93. The van der Waals surface area contributed by atoms with Crippen LogP contribution < -0.4 is 10.2 Å². The number of methoxy groups -OCH3 is 1. The summed E-state index contributed by atoms with van der Waals surface area (Å²) in [4.78, 5) is 23.6. The van der Waals surface area contributed by atoms with Crippen molar-refractivity contribution in [2.24, 2.45) is 0 Å². The lowest BCUT2D eigenvalue weighted by atomic mass is 10.2. The van der Waals surface area contributed by atoms with Gasteiger partial charge >= 0.3 is 6.09 Å². The van der Waals surface area contributed by atoms with E-state index in [4.69, 9.17) is 9.47 Å². The second kappa shape index (κ2) is 6.10. The number of nitrogens with one attached hydrogen (secondary N) is 1. The number of carbonyl (C=O) groups excluding carboxylic acids is 2. The van der Waals surface area contributed by atoms with E-state index < -0.39 is 6.09 Å². The number of amides is 2. The van der Waals surface area contributed by atoms with Crippen LogP contribution in [-0.4, -0.2) is 36.8 Å². The van der Waals surface area contributed by atoms with Crippen LogP contribution in [-0.2, 0) is 4.74 Å². The van der Waals surface area contributed by atoms with Crippen LogP contribution in [0, 0.1) is 0 Å². The molecule has 106 valence electrons. The van der Waals surface area contributed by atoms with Crippen LogP contribution in [0.25, 0.3) is 0 Å². The molecule has 0 saturated carbocycles. The molecule has 1 aromatic rings. The van der Waals surface area contributed by atoms with Crippen LogP contribution in [0.2, 0.25) is 0 Å². The minimum Gasteiger partial charge on any atom is -0.497 e. The Bertz CT molecular complexity index is 524. The van der Waals surface area contributed by atoms with Crippen molar-refractivity contribution in [2.45, 2.75) is 13.0 Å². The summed E-state index contributed by atoms with van der Waals surface area (Å²) in [7, 11) is 1.55. The largest absolute Gasteiger partial charge is 0.497 e. The first kappa shape index (κ1) is 13.9. The molecule has 2 amide bonds. The zero-order valence-electron chi connectivity index (χ0n) is 11.3. The highest BCUT2D eigenvalue weighted by atomic mass is 16.6. The average Bonchev–Trinajstić information content (AvgIpc) is 2.81. The normalized spacial score (nSPS) is 18.2. The van der Waals surface area contributed by atoms with E-state index in [0.717, 1.165) is 0 Å². The van der Waals surface area contributed by atoms with Crippen LogP contribution in [0.4, 0.5) is 4.79 Å². The van der Waals surface area contributed by atoms with E-state index in [1.165, 1.54) is 5.01 Å². The highest BCUT2D eigenvalue weighted by Crippen LogP contribution is 2.14. The van der Waals surface area contributed by atoms with Crippen molar-refractivity contribution in [1.29, 1.82) is 0 Å². The van der Waals surface area contributed by atoms with Gasteiger partial charge in [0.15, 0.2) is 0 Å². The fourth-order valence-electron chi connectivity index (χ4n) is 1.84. The average molecular weight is 276 g/mol. The minimum absolute atomic E-state index is 0.228. The van der Waals surface area contributed by atoms with Crippen molar-refractivity contribution < 1.29 is 19.1 Å². The number of hydrogen-bond donors (Lipinski definition) is 1. The van der Waals surface area contributed by atoms with Crippen molar-refractivity contribution in [2.75, 3.05) is 13.7 Å². The maximum absolute atomic E-state index is 12.1. The number of hydrazine groups is 1. The Morgan fingerprint density at radius 3 is 2.75 bits per heavy atom. The monoisotopic (exact) mass is 276 g/mol. The van der Waals surface area contributed by atoms with Crippen molar-refractivity contribution in [3.05, 3.63) is 42.0 Å². The van der Waals surface area contributed by atoms with Gasteiger partial charge in [-0.25, -0.2) is 9.80 Å². The van der Waals surface area contributed by atoms with Crippen LogP contribution >= 0.6 is 0 Å². The van der Waals surface area contributed by atoms with Gasteiger partial charge in [-0.05, 0) is 31.2 Å². The molecule has 6 nitrogen and oxygen atoms in total. The molecule has 0 spiro atoms. The molecule has 1 atom stereocenters. The number of cyclic esters (lactones) is 1. The number of carbonyl (C=O) groups is 2. The van der Waals surface area contributed by atoms with E-state index >= 15 is 0 Å². The Labute approximate surface area is 116 Å². The highest BCUT2D eigenvalue weighted by Gasteiger charge is 2.32. The molecule has 1 aliphatic heterocycles. The lowest BCUT2D eigenvalue weighted by Crippen LogP contribution is -2.47. The minimum atomic E-state index is -0.560.